The standard InChI is InChI=1S/C19H18N6O2/c1-23-11-22-15-16(23)20-10-21-17(15)24-8-13-14(9-24)19(27)25(18(13)26)7-12-5-3-2-4-6-12/h2-6,10-11,13-14H,7-9H2,1H3. The van der Waals surface area contributed by atoms with Crippen LogP contribution in [0.5, 0.6) is 0 Å². The highest BCUT2D eigenvalue weighted by molar-refractivity contribution is 6.06. The van der Waals surface area contributed by atoms with Crippen LogP contribution in [0, 0.1) is 11.8 Å². The fourth-order valence-electron chi connectivity index (χ4n) is 4.07. The molecule has 2 aromatic heterocycles. The van der Waals surface area contributed by atoms with Crippen molar-refractivity contribution in [2.45, 2.75) is 6.54 Å². The van der Waals surface area contributed by atoms with Gasteiger partial charge in [0, 0.05) is 20.1 Å². The second-order valence-corrected chi connectivity index (χ2v) is 7.09. The van der Waals surface area contributed by atoms with Gasteiger partial charge in [0.1, 0.15) is 6.33 Å². The summed E-state index contributed by atoms with van der Waals surface area (Å²) in [4.78, 5) is 42.1. The smallest absolute Gasteiger partial charge is 0.235 e. The summed E-state index contributed by atoms with van der Waals surface area (Å²) in [7, 11) is 1.87. The molecule has 27 heavy (non-hydrogen) atoms. The quantitative estimate of drug-likeness (QED) is 0.646. The lowest BCUT2D eigenvalue weighted by Gasteiger charge is -2.21. The van der Waals surface area contributed by atoms with Crippen LogP contribution in [-0.4, -0.2) is 49.3 Å². The number of hydrogen-bond donors (Lipinski definition) is 0. The number of amides is 2. The Balaban J connectivity index is 1.40. The number of rotatable bonds is 3. The number of benzene rings is 1. The number of carbonyl (C=O) groups excluding carboxylic acids is 2. The van der Waals surface area contributed by atoms with E-state index in [2.05, 4.69) is 15.0 Å². The van der Waals surface area contributed by atoms with E-state index >= 15 is 0 Å². The van der Waals surface area contributed by atoms with Crippen LogP contribution in [0.3, 0.4) is 0 Å². The van der Waals surface area contributed by atoms with Crippen molar-refractivity contribution in [2.24, 2.45) is 18.9 Å². The first-order valence-corrected chi connectivity index (χ1v) is 8.89. The number of aryl methyl sites for hydroxylation is 1. The number of likely N-dealkylation sites (tertiary alicyclic amines) is 1. The van der Waals surface area contributed by atoms with Gasteiger partial charge in [0.2, 0.25) is 11.8 Å². The molecular formula is C19H18N6O2. The monoisotopic (exact) mass is 362 g/mol. The molecule has 0 N–H and O–H groups in total. The van der Waals surface area contributed by atoms with Gasteiger partial charge in [-0.3, -0.25) is 14.5 Å². The average molecular weight is 362 g/mol. The first-order valence-electron chi connectivity index (χ1n) is 8.89. The number of nitrogens with zero attached hydrogens (tertiary/aromatic N) is 6. The summed E-state index contributed by atoms with van der Waals surface area (Å²) in [5, 5.41) is 0. The lowest BCUT2D eigenvalue weighted by atomic mass is 10.00. The molecule has 1 aromatic carbocycles. The van der Waals surface area contributed by atoms with Gasteiger partial charge in [-0.1, -0.05) is 30.3 Å². The highest BCUT2D eigenvalue weighted by Gasteiger charge is 2.52. The lowest BCUT2D eigenvalue weighted by Crippen LogP contribution is -2.36. The number of fused-ring (bicyclic) bond motifs is 2. The van der Waals surface area contributed by atoms with Gasteiger partial charge in [-0.25, -0.2) is 15.0 Å². The van der Waals surface area contributed by atoms with E-state index in [4.69, 9.17) is 0 Å². The van der Waals surface area contributed by atoms with Crippen LogP contribution in [0.1, 0.15) is 5.56 Å². The van der Waals surface area contributed by atoms with Crippen molar-refractivity contribution in [2.75, 3.05) is 18.0 Å². The van der Waals surface area contributed by atoms with Gasteiger partial charge in [0.25, 0.3) is 0 Å². The maximum Gasteiger partial charge on any atom is 0.235 e. The van der Waals surface area contributed by atoms with Gasteiger partial charge in [-0.15, -0.1) is 0 Å². The van der Waals surface area contributed by atoms with Crippen LogP contribution in [0.15, 0.2) is 43.0 Å². The van der Waals surface area contributed by atoms with Crippen LogP contribution in [0.4, 0.5) is 5.82 Å². The first kappa shape index (κ1) is 15.9. The minimum Gasteiger partial charge on any atom is -0.353 e. The molecule has 0 saturated carbocycles. The van der Waals surface area contributed by atoms with E-state index in [0.717, 1.165) is 11.2 Å². The molecule has 8 nitrogen and oxygen atoms in total. The molecule has 0 spiro atoms. The Morgan fingerprint density at radius 2 is 1.70 bits per heavy atom. The SMILES string of the molecule is Cn1cnc2c(N3CC4C(=O)N(Cc5ccccc5)C(=O)C4C3)ncnc21. The minimum atomic E-state index is -0.324. The van der Waals surface area contributed by atoms with Gasteiger partial charge < -0.3 is 9.47 Å². The largest absolute Gasteiger partial charge is 0.353 e. The van der Waals surface area contributed by atoms with Crippen molar-refractivity contribution in [3.8, 4) is 0 Å². The van der Waals surface area contributed by atoms with Crippen molar-refractivity contribution in [3.63, 3.8) is 0 Å². The van der Waals surface area contributed by atoms with Gasteiger partial charge in [0.05, 0.1) is 24.7 Å². The topological polar surface area (TPSA) is 84.2 Å². The summed E-state index contributed by atoms with van der Waals surface area (Å²) in [5.74, 6) is -0.152. The Hall–Kier alpha value is -3.29. The van der Waals surface area contributed by atoms with E-state index in [1.807, 2.05) is 46.8 Å². The zero-order valence-electron chi connectivity index (χ0n) is 14.8. The Bertz CT molecular complexity index is 1020. The molecule has 0 bridgehead atoms. The number of imide groups is 1. The molecular weight excluding hydrogens is 344 g/mol. The minimum absolute atomic E-state index is 0.0947. The molecule has 136 valence electrons. The Kier molecular flexibility index (Phi) is 3.46. The zero-order valence-corrected chi connectivity index (χ0v) is 14.8. The summed E-state index contributed by atoms with van der Waals surface area (Å²) >= 11 is 0. The molecule has 3 aromatic rings. The van der Waals surface area contributed by atoms with Crippen molar-refractivity contribution in [3.05, 3.63) is 48.5 Å². The van der Waals surface area contributed by atoms with Gasteiger partial charge in [0.15, 0.2) is 17.0 Å². The van der Waals surface area contributed by atoms with Crippen LogP contribution < -0.4 is 4.90 Å². The van der Waals surface area contributed by atoms with E-state index in [9.17, 15) is 9.59 Å². The molecule has 2 atom stereocenters. The Labute approximate surface area is 155 Å². The molecule has 2 aliphatic heterocycles. The number of carbonyl (C=O) groups is 2. The van der Waals surface area contributed by atoms with E-state index in [1.54, 1.807) is 6.33 Å². The van der Waals surface area contributed by atoms with E-state index in [0.29, 0.717) is 31.0 Å². The van der Waals surface area contributed by atoms with E-state index in [1.165, 1.54) is 11.2 Å². The first-order chi connectivity index (χ1) is 13.1. The van der Waals surface area contributed by atoms with Crippen LogP contribution in [-0.2, 0) is 23.2 Å². The second-order valence-electron chi connectivity index (χ2n) is 7.09. The fourth-order valence-corrected chi connectivity index (χ4v) is 4.07. The highest BCUT2D eigenvalue weighted by Crippen LogP contribution is 2.37. The Morgan fingerprint density at radius 1 is 1.00 bits per heavy atom. The predicted molar refractivity (Wildman–Crippen MR) is 97.5 cm³/mol. The Morgan fingerprint density at radius 3 is 2.41 bits per heavy atom. The van der Waals surface area contributed by atoms with Crippen LogP contribution in [0.2, 0.25) is 0 Å². The molecule has 0 aliphatic carbocycles. The van der Waals surface area contributed by atoms with Crippen molar-refractivity contribution in [1.29, 1.82) is 0 Å². The van der Waals surface area contributed by atoms with Crippen LogP contribution in [0.25, 0.3) is 11.2 Å². The molecule has 2 unspecified atom stereocenters. The number of hydrogen-bond acceptors (Lipinski definition) is 6. The van der Waals surface area contributed by atoms with Gasteiger partial charge in [-0.05, 0) is 5.56 Å². The lowest BCUT2D eigenvalue weighted by molar-refractivity contribution is -0.140. The maximum atomic E-state index is 12.9. The molecule has 8 heteroatoms. The summed E-state index contributed by atoms with van der Waals surface area (Å²) in [6, 6.07) is 9.61. The molecule has 2 amide bonds. The third kappa shape index (κ3) is 2.40. The number of anilines is 1. The zero-order chi connectivity index (χ0) is 18.5. The van der Waals surface area contributed by atoms with Crippen molar-refractivity contribution < 1.29 is 9.59 Å². The summed E-state index contributed by atoms with van der Waals surface area (Å²) < 4.78 is 1.83. The molecule has 2 saturated heterocycles. The summed E-state index contributed by atoms with van der Waals surface area (Å²) in [5.41, 5.74) is 2.39. The fraction of sp³-hybridized carbons (Fsp3) is 0.316. The van der Waals surface area contributed by atoms with E-state index < -0.39 is 0 Å². The van der Waals surface area contributed by atoms with Gasteiger partial charge >= 0.3 is 0 Å². The molecule has 2 aliphatic rings. The molecule has 0 radical (unpaired) electrons. The highest BCUT2D eigenvalue weighted by atomic mass is 16.2. The maximum absolute atomic E-state index is 12.9. The third-order valence-electron chi connectivity index (χ3n) is 5.45. The molecule has 2 fully saturated rings. The second kappa shape index (κ2) is 5.87. The third-order valence-corrected chi connectivity index (χ3v) is 5.45. The molecule has 5 rings (SSSR count). The van der Waals surface area contributed by atoms with Crippen molar-refractivity contribution >= 4 is 28.8 Å². The normalized spacial score (nSPS) is 22.1. The number of aromatic nitrogens is 4. The summed E-state index contributed by atoms with van der Waals surface area (Å²) in [6.07, 6.45) is 3.19. The van der Waals surface area contributed by atoms with Gasteiger partial charge in [-0.2, -0.15) is 0 Å². The number of imidazole rings is 1. The van der Waals surface area contributed by atoms with Crippen LogP contribution >= 0.6 is 0 Å². The van der Waals surface area contributed by atoms with E-state index in [-0.39, 0.29) is 23.7 Å². The average Bonchev–Trinajstić information content (AvgIpc) is 3.35. The molecule has 4 heterocycles. The predicted octanol–water partition coefficient (Wildman–Crippen LogP) is 0.985. The van der Waals surface area contributed by atoms with Crippen molar-refractivity contribution in [1.82, 2.24) is 24.4 Å². The summed E-state index contributed by atoms with van der Waals surface area (Å²) in [6.45, 7) is 1.29.